The van der Waals surface area contributed by atoms with Crippen LogP contribution < -0.4 is 11.1 Å². The first-order valence-corrected chi connectivity index (χ1v) is 6.89. The summed E-state index contributed by atoms with van der Waals surface area (Å²) in [5, 5.41) is 3.22. The predicted molar refractivity (Wildman–Crippen MR) is 73.7 cm³/mol. The lowest BCUT2D eigenvalue weighted by molar-refractivity contribution is -0.129. The summed E-state index contributed by atoms with van der Waals surface area (Å²) in [6.07, 6.45) is 6.46. The molecule has 2 aliphatic rings. The van der Waals surface area contributed by atoms with E-state index in [0.29, 0.717) is 18.5 Å². The number of nitrogens with two attached hydrogens (primary N) is 1. The van der Waals surface area contributed by atoms with Crippen molar-refractivity contribution in [2.45, 2.75) is 44.6 Å². The summed E-state index contributed by atoms with van der Waals surface area (Å²) in [7, 11) is 0. The first-order chi connectivity index (χ1) is 8.31. The lowest BCUT2D eigenvalue weighted by Crippen LogP contribution is -2.47. The lowest BCUT2D eigenvalue weighted by Gasteiger charge is -2.33. The van der Waals surface area contributed by atoms with Gasteiger partial charge in [-0.1, -0.05) is 12.8 Å². The van der Waals surface area contributed by atoms with Gasteiger partial charge in [0, 0.05) is 25.2 Å². The van der Waals surface area contributed by atoms with Crippen molar-refractivity contribution in [3.8, 4) is 0 Å². The zero-order valence-electron chi connectivity index (χ0n) is 10.9. The molecule has 1 aliphatic carbocycles. The van der Waals surface area contributed by atoms with E-state index in [-0.39, 0.29) is 24.2 Å². The molecule has 4 nitrogen and oxygen atoms in total. The third-order valence-electron chi connectivity index (χ3n) is 4.13. The van der Waals surface area contributed by atoms with Crippen LogP contribution in [0, 0.1) is 11.8 Å². The standard InChI is InChI=1S/C13H24N2O2.ClH/c14-9-11-3-1-2-4-12(11)15-13(16)10-5-7-17-8-6-10;/h10-12H,1-9,14H2,(H,15,16);1H. The van der Waals surface area contributed by atoms with Crippen molar-refractivity contribution in [2.24, 2.45) is 17.6 Å². The maximum atomic E-state index is 12.1. The molecule has 1 saturated heterocycles. The monoisotopic (exact) mass is 276 g/mol. The minimum absolute atomic E-state index is 0. The van der Waals surface area contributed by atoms with Gasteiger partial charge in [0.15, 0.2) is 0 Å². The van der Waals surface area contributed by atoms with Crippen LogP contribution in [0.5, 0.6) is 0 Å². The Morgan fingerprint density at radius 1 is 1.17 bits per heavy atom. The Morgan fingerprint density at radius 3 is 2.50 bits per heavy atom. The molecule has 0 aromatic heterocycles. The van der Waals surface area contributed by atoms with Crippen LogP contribution in [-0.4, -0.2) is 31.7 Å². The Morgan fingerprint density at radius 2 is 1.83 bits per heavy atom. The molecule has 0 aromatic carbocycles. The molecular weight excluding hydrogens is 252 g/mol. The van der Waals surface area contributed by atoms with Gasteiger partial charge in [0.05, 0.1) is 0 Å². The van der Waals surface area contributed by atoms with E-state index >= 15 is 0 Å². The third kappa shape index (κ3) is 4.11. The minimum atomic E-state index is 0. The van der Waals surface area contributed by atoms with Crippen molar-refractivity contribution in [1.82, 2.24) is 5.32 Å². The van der Waals surface area contributed by atoms with Gasteiger partial charge >= 0.3 is 0 Å². The van der Waals surface area contributed by atoms with Crippen molar-refractivity contribution in [1.29, 1.82) is 0 Å². The van der Waals surface area contributed by atoms with Crippen LogP contribution in [0.1, 0.15) is 38.5 Å². The van der Waals surface area contributed by atoms with Gasteiger partial charge in [0.1, 0.15) is 0 Å². The fourth-order valence-electron chi connectivity index (χ4n) is 2.94. The summed E-state index contributed by atoms with van der Waals surface area (Å²) < 4.78 is 5.28. The maximum Gasteiger partial charge on any atom is 0.223 e. The van der Waals surface area contributed by atoms with Crippen molar-refractivity contribution in [3.63, 3.8) is 0 Å². The third-order valence-corrected chi connectivity index (χ3v) is 4.13. The minimum Gasteiger partial charge on any atom is -0.381 e. The molecule has 2 fully saturated rings. The van der Waals surface area contributed by atoms with Gasteiger partial charge in [-0.05, 0) is 38.1 Å². The van der Waals surface area contributed by atoms with Crippen LogP contribution in [0.25, 0.3) is 0 Å². The average molecular weight is 277 g/mol. The highest BCUT2D eigenvalue weighted by Gasteiger charge is 2.28. The molecule has 1 aliphatic heterocycles. The molecule has 0 aromatic rings. The molecule has 3 N–H and O–H groups in total. The second-order valence-corrected chi connectivity index (χ2v) is 5.28. The topological polar surface area (TPSA) is 64.3 Å². The van der Waals surface area contributed by atoms with Gasteiger partial charge in [-0.3, -0.25) is 4.79 Å². The molecule has 1 saturated carbocycles. The number of halogens is 1. The smallest absolute Gasteiger partial charge is 0.223 e. The van der Waals surface area contributed by atoms with E-state index in [1.165, 1.54) is 12.8 Å². The molecule has 18 heavy (non-hydrogen) atoms. The van der Waals surface area contributed by atoms with Crippen molar-refractivity contribution < 1.29 is 9.53 Å². The van der Waals surface area contributed by atoms with Gasteiger partial charge in [-0.15, -0.1) is 12.4 Å². The van der Waals surface area contributed by atoms with Crippen LogP contribution >= 0.6 is 12.4 Å². The Balaban J connectivity index is 0.00000162. The molecule has 0 spiro atoms. The molecule has 0 bridgehead atoms. The van der Waals surface area contributed by atoms with E-state index in [1.54, 1.807) is 0 Å². The number of carbonyl (C=O) groups is 1. The maximum absolute atomic E-state index is 12.1. The van der Waals surface area contributed by atoms with Crippen molar-refractivity contribution in [3.05, 3.63) is 0 Å². The lowest BCUT2D eigenvalue weighted by atomic mass is 9.84. The highest BCUT2D eigenvalue weighted by molar-refractivity contribution is 5.85. The zero-order valence-corrected chi connectivity index (χ0v) is 11.7. The molecule has 2 rings (SSSR count). The largest absolute Gasteiger partial charge is 0.381 e. The molecule has 2 atom stereocenters. The Labute approximate surface area is 115 Å². The summed E-state index contributed by atoms with van der Waals surface area (Å²) in [4.78, 5) is 12.1. The van der Waals surface area contributed by atoms with E-state index < -0.39 is 0 Å². The number of carbonyl (C=O) groups excluding carboxylic acids is 1. The van der Waals surface area contributed by atoms with Gasteiger partial charge in [-0.25, -0.2) is 0 Å². The SMILES string of the molecule is Cl.NCC1CCCCC1NC(=O)C1CCOCC1. The first kappa shape index (κ1) is 15.7. The number of rotatable bonds is 3. The molecule has 2 unspecified atom stereocenters. The molecule has 1 amide bonds. The average Bonchev–Trinajstić information content (AvgIpc) is 2.40. The van der Waals surface area contributed by atoms with Crippen molar-refractivity contribution >= 4 is 18.3 Å². The van der Waals surface area contributed by atoms with Crippen LogP contribution in [0.2, 0.25) is 0 Å². The Bertz CT molecular complexity index is 257. The molecule has 0 radical (unpaired) electrons. The summed E-state index contributed by atoms with van der Waals surface area (Å²) in [6, 6.07) is 0.309. The molecule has 5 heteroatoms. The summed E-state index contributed by atoms with van der Waals surface area (Å²) in [5.41, 5.74) is 5.78. The summed E-state index contributed by atoms with van der Waals surface area (Å²) in [5.74, 6) is 0.857. The highest BCUT2D eigenvalue weighted by atomic mass is 35.5. The summed E-state index contributed by atoms with van der Waals surface area (Å²) in [6.45, 7) is 2.14. The van der Waals surface area contributed by atoms with Crippen LogP contribution in [0.4, 0.5) is 0 Å². The Kier molecular flexibility index (Phi) is 6.97. The van der Waals surface area contributed by atoms with Crippen LogP contribution in [0.3, 0.4) is 0 Å². The van der Waals surface area contributed by atoms with Gasteiger partial charge < -0.3 is 15.8 Å². The van der Waals surface area contributed by atoms with Gasteiger partial charge in [0.2, 0.25) is 5.91 Å². The van der Waals surface area contributed by atoms with E-state index in [2.05, 4.69) is 5.32 Å². The van der Waals surface area contributed by atoms with Crippen molar-refractivity contribution in [2.75, 3.05) is 19.8 Å². The molecule has 1 heterocycles. The number of hydrogen-bond acceptors (Lipinski definition) is 3. The first-order valence-electron chi connectivity index (χ1n) is 6.89. The molecule has 106 valence electrons. The van der Waals surface area contributed by atoms with Crippen LogP contribution in [0.15, 0.2) is 0 Å². The van der Waals surface area contributed by atoms with Gasteiger partial charge in [0.25, 0.3) is 0 Å². The quantitative estimate of drug-likeness (QED) is 0.820. The predicted octanol–water partition coefficient (Wildman–Crippen LogP) is 1.47. The van der Waals surface area contributed by atoms with Gasteiger partial charge in [-0.2, -0.15) is 0 Å². The normalized spacial score (nSPS) is 29.4. The van der Waals surface area contributed by atoms with E-state index in [1.807, 2.05) is 0 Å². The van der Waals surface area contributed by atoms with E-state index in [0.717, 1.165) is 38.9 Å². The summed E-state index contributed by atoms with van der Waals surface area (Å²) >= 11 is 0. The highest BCUT2D eigenvalue weighted by Crippen LogP contribution is 2.24. The second kappa shape index (κ2) is 7.97. The fourth-order valence-corrected chi connectivity index (χ4v) is 2.94. The second-order valence-electron chi connectivity index (χ2n) is 5.28. The van der Waals surface area contributed by atoms with E-state index in [4.69, 9.17) is 10.5 Å². The number of amides is 1. The number of ether oxygens (including phenoxy) is 1. The number of hydrogen-bond donors (Lipinski definition) is 2. The fraction of sp³-hybridized carbons (Fsp3) is 0.923. The van der Waals surface area contributed by atoms with E-state index in [9.17, 15) is 4.79 Å². The Hall–Kier alpha value is -0.320. The number of nitrogens with one attached hydrogen (secondary N) is 1. The van der Waals surface area contributed by atoms with Crippen LogP contribution in [-0.2, 0) is 9.53 Å². The zero-order chi connectivity index (χ0) is 12.1. The molecular formula is C13H25ClN2O2.